The Morgan fingerprint density at radius 3 is 3.18 bits per heavy atom. The molecule has 11 heavy (non-hydrogen) atoms. The van der Waals surface area contributed by atoms with Crippen molar-refractivity contribution in [3.8, 4) is 0 Å². The summed E-state index contributed by atoms with van der Waals surface area (Å²) in [5, 5.41) is 0. The SMILES string of the molecule is CN1CC2CCCC(=O)C1C2. The van der Waals surface area contributed by atoms with Crippen molar-refractivity contribution in [2.24, 2.45) is 5.92 Å². The highest BCUT2D eigenvalue weighted by Crippen LogP contribution is 2.30. The van der Waals surface area contributed by atoms with Crippen LogP contribution in [0.2, 0.25) is 0 Å². The smallest absolute Gasteiger partial charge is 0.149 e. The Balaban J connectivity index is 2.15. The second-order valence-electron chi connectivity index (χ2n) is 3.92. The molecule has 0 aromatic heterocycles. The largest absolute Gasteiger partial charge is 0.298 e. The van der Waals surface area contributed by atoms with Crippen molar-refractivity contribution in [1.82, 2.24) is 4.90 Å². The minimum absolute atomic E-state index is 0.280. The van der Waals surface area contributed by atoms with Crippen molar-refractivity contribution in [3.63, 3.8) is 0 Å². The zero-order chi connectivity index (χ0) is 7.84. The Labute approximate surface area is 67.6 Å². The molecule has 1 heterocycles. The van der Waals surface area contributed by atoms with Gasteiger partial charge in [0, 0.05) is 13.0 Å². The molecule has 1 saturated heterocycles. The quantitative estimate of drug-likeness (QED) is 0.518. The number of rotatable bonds is 0. The number of nitrogens with zero attached hydrogens (tertiary/aromatic N) is 1. The minimum atomic E-state index is 0.280. The first kappa shape index (κ1) is 7.29. The molecule has 62 valence electrons. The molecule has 1 aliphatic heterocycles. The topological polar surface area (TPSA) is 20.3 Å². The molecule has 2 aliphatic rings. The van der Waals surface area contributed by atoms with E-state index in [-0.39, 0.29) is 6.04 Å². The van der Waals surface area contributed by atoms with Gasteiger partial charge in [0.25, 0.3) is 0 Å². The van der Waals surface area contributed by atoms with E-state index in [1.807, 2.05) is 0 Å². The van der Waals surface area contributed by atoms with Crippen LogP contribution in [0.1, 0.15) is 25.7 Å². The van der Waals surface area contributed by atoms with E-state index in [4.69, 9.17) is 0 Å². The molecule has 2 unspecified atom stereocenters. The van der Waals surface area contributed by atoms with Crippen molar-refractivity contribution < 1.29 is 4.79 Å². The molecule has 0 N–H and O–H groups in total. The number of carbonyl (C=O) groups excluding carboxylic acids is 1. The van der Waals surface area contributed by atoms with Gasteiger partial charge in [-0.2, -0.15) is 0 Å². The summed E-state index contributed by atoms with van der Waals surface area (Å²) in [6.07, 6.45) is 4.36. The first-order valence-electron chi connectivity index (χ1n) is 4.50. The fourth-order valence-corrected chi connectivity index (χ4v) is 2.42. The molecule has 0 radical (unpaired) electrons. The molecule has 2 heteroatoms. The average molecular weight is 153 g/mol. The Bertz CT molecular complexity index is 178. The maximum atomic E-state index is 11.4. The summed E-state index contributed by atoms with van der Waals surface area (Å²) < 4.78 is 0. The van der Waals surface area contributed by atoms with Crippen LogP contribution in [0, 0.1) is 5.92 Å². The molecule has 2 atom stereocenters. The van der Waals surface area contributed by atoms with Gasteiger partial charge in [-0.3, -0.25) is 9.69 Å². The molecule has 2 bridgehead atoms. The summed E-state index contributed by atoms with van der Waals surface area (Å²) in [6, 6.07) is 0.280. The molecule has 0 aromatic rings. The van der Waals surface area contributed by atoms with Crippen molar-refractivity contribution in [1.29, 1.82) is 0 Å². The van der Waals surface area contributed by atoms with Crippen LogP contribution in [0.25, 0.3) is 0 Å². The number of ketones is 1. The molecule has 2 rings (SSSR count). The molecule has 0 aromatic carbocycles. The normalized spacial score (nSPS) is 39.2. The fourth-order valence-electron chi connectivity index (χ4n) is 2.42. The lowest BCUT2D eigenvalue weighted by Gasteiger charge is -2.18. The number of carbonyl (C=O) groups is 1. The standard InChI is InChI=1S/C9H15NO/c1-10-6-7-3-2-4-9(11)8(10)5-7/h7-8H,2-6H2,1H3. The van der Waals surface area contributed by atoms with Crippen molar-refractivity contribution >= 4 is 5.78 Å². The lowest BCUT2D eigenvalue weighted by Crippen LogP contribution is -2.33. The van der Waals surface area contributed by atoms with Crippen LogP contribution < -0.4 is 0 Å². The zero-order valence-electron chi connectivity index (χ0n) is 7.05. The van der Waals surface area contributed by atoms with Crippen LogP contribution in [0.5, 0.6) is 0 Å². The van der Waals surface area contributed by atoms with Crippen LogP contribution in [0.15, 0.2) is 0 Å². The predicted molar refractivity (Wildman–Crippen MR) is 43.4 cm³/mol. The van der Waals surface area contributed by atoms with E-state index in [1.165, 1.54) is 6.42 Å². The highest BCUT2D eigenvalue weighted by Gasteiger charge is 2.35. The van der Waals surface area contributed by atoms with Crippen molar-refractivity contribution in [2.45, 2.75) is 31.7 Å². The summed E-state index contributed by atoms with van der Waals surface area (Å²) in [5.74, 6) is 1.30. The monoisotopic (exact) mass is 153 g/mol. The fraction of sp³-hybridized carbons (Fsp3) is 0.889. The molecular weight excluding hydrogens is 138 g/mol. The number of hydrogen-bond acceptors (Lipinski definition) is 2. The summed E-state index contributed by atoms with van der Waals surface area (Å²) in [7, 11) is 2.08. The number of Topliss-reactive ketones (excluding diaryl/α,β-unsaturated/α-hetero) is 1. The first-order chi connectivity index (χ1) is 5.27. The molecule has 1 saturated carbocycles. The van der Waals surface area contributed by atoms with E-state index in [2.05, 4.69) is 11.9 Å². The number of likely N-dealkylation sites (tertiary alicyclic amines) is 1. The maximum absolute atomic E-state index is 11.4. The predicted octanol–water partition coefficient (Wildman–Crippen LogP) is 1.06. The molecular formula is C9H15NO. The van der Waals surface area contributed by atoms with Crippen LogP contribution in [0.4, 0.5) is 0 Å². The van der Waals surface area contributed by atoms with Crippen LogP contribution in [-0.2, 0) is 4.79 Å². The lowest BCUT2D eigenvalue weighted by atomic mass is 10.0. The van der Waals surface area contributed by atoms with E-state index < -0.39 is 0 Å². The third kappa shape index (κ3) is 1.20. The Morgan fingerprint density at radius 1 is 1.55 bits per heavy atom. The average Bonchev–Trinajstić information content (AvgIpc) is 2.20. The summed E-state index contributed by atoms with van der Waals surface area (Å²) >= 11 is 0. The van der Waals surface area contributed by atoms with Gasteiger partial charge in [-0.15, -0.1) is 0 Å². The second-order valence-corrected chi connectivity index (χ2v) is 3.92. The Morgan fingerprint density at radius 2 is 2.36 bits per heavy atom. The number of fused-ring (bicyclic) bond motifs is 2. The van der Waals surface area contributed by atoms with Crippen LogP contribution >= 0.6 is 0 Å². The van der Waals surface area contributed by atoms with Gasteiger partial charge in [-0.05, 0) is 32.2 Å². The number of likely N-dealkylation sites (N-methyl/N-ethyl adjacent to an activating group) is 1. The Hall–Kier alpha value is -0.370. The van der Waals surface area contributed by atoms with Gasteiger partial charge in [0.2, 0.25) is 0 Å². The van der Waals surface area contributed by atoms with Crippen LogP contribution in [-0.4, -0.2) is 30.3 Å². The number of hydrogen-bond donors (Lipinski definition) is 0. The molecule has 2 nitrogen and oxygen atoms in total. The molecule has 2 fully saturated rings. The third-order valence-corrected chi connectivity index (χ3v) is 3.04. The molecule has 0 spiro atoms. The van der Waals surface area contributed by atoms with Gasteiger partial charge in [0.1, 0.15) is 5.78 Å². The first-order valence-corrected chi connectivity index (χ1v) is 4.50. The van der Waals surface area contributed by atoms with Gasteiger partial charge < -0.3 is 0 Å². The highest BCUT2D eigenvalue weighted by molar-refractivity contribution is 5.84. The molecule has 0 amide bonds. The lowest BCUT2D eigenvalue weighted by molar-refractivity contribution is -0.122. The van der Waals surface area contributed by atoms with E-state index in [0.717, 1.165) is 31.7 Å². The second kappa shape index (κ2) is 2.59. The Kier molecular flexibility index (Phi) is 1.72. The highest BCUT2D eigenvalue weighted by atomic mass is 16.1. The van der Waals surface area contributed by atoms with Gasteiger partial charge in [0.15, 0.2) is 0 Å². The summed E-state index contributed by atoms with van der Waals surface area (Å²) in [4.78, 5) is 13.7. The minimum Gasteiger partial charge on any atom is -0.298 e. The van der Waals surface area contributed by atoms with E-state index in [0.29, 0.717) is 5.78 Å². The summed E-state index contributed by atoms with van der Waals surface area (Å²) in [5.41, 5.74) is 0. The van der Waals surface area contributed by atoms with Crippen molar-refractivity contribution in [2.75, 3.05) is 13.6 Å². The van der Waals surface area contributed by atoms with Gasteiger partial charge in [-0.25, -0.2) is 0 Å². The van der Waals surface area contributed by atoms with Gasteiger partial charge in [0.05, 0.1) is 6.04 Å². The van der Waals surface area contributed by atoms with E-state index >= 15 is 0 Å². The van der Waals surface area contributed by atoms with E-state index in [9.17, 15) is 4.79 Å². The van der Waals surface area contributed by atoms with Gasteiger partial charge in [-0.1, -0.05) is 0 Å². The van der Waals surface area contributed by atoms with Crippen LogP contribution in [0.3, 0.4) is 0 Å². The summed E-state index contributed by atoms with van der Waals surface area (Å²) in [6.45, 7) is 1.15. The third-order valence-electron chi connectivity index (χ3n) is 3.04. The van der Waals surface area contributed by atoms with E-state index in [1.54, 1.807) is 0 Å². The molecule has 1 aliphatic carbocycles. The van der Waals surface area contributed by atoms with Crippen molar-refractivity contribution in [3.05, 3.63) is 0 Å². The zero-order valence-corrected chi connectivity index (χ0v) is 7.05. The maximum Gasteiger partial charge on any atom is 0.149 e. The van der Waals surface area contributed by atoms with Gasteiger partial charge >= 0.3 is 0 Å².